The highest BCUT2D eigenvalue weighted by molar-refractivity contribution is 5.80. The summed E-state index contributed by atoms with van der Waals surface area (Å²) >= 11 is 0. The number of nitrogens with zero attached hydrogens (tertiary/aromatic N) is 2. The van der Waals surface area contributed by atoms with E-state index in [0.29, 0.717) is 24.6 Å². The van der Waals surface area contributed by atoms with Gasteiger partial charge in [0, 0.05) is 18.7 Å². The van der Waals surface area contributed by atoms with E-state index in [1.807, 2.05) is 19.1 Å². The maximum absolute atomic E-state index is 5.76. The molecule has 0 bridgehead atoms. The van der Waals surface area contributed by atoms with E-state index in [9.17, 15) is 0 Å². The maximum atomic E-state index is 5.76. The molecule has 0 atom stereocenters. The summed E-state index contributed by atoms with van der Waals surface area (Å²) in [6.45, 7) is 7.00. The molecule has 1 aromatic heterocycles. The van der Waals surface area contributed by atoms with Crippen molar-refractivity contribution in [1.82, 2.24) is 9.55 Å². The van der Waals surface area contributed by atoms with Crippen LogP contribution in [0.4, 0.5) is 0 Å². The molecular formula is C14H19N3O2. The van der Waals surface area contributed by atoms with Crippen LogP contribution >= 0.6 is 0 Å². The molecule has 0 fully saturated rings. The van der Waals surface area contributed by atoms with E-state index < -0.39 is 0 Å². The van der Waals surface area contributed by atoms with Crippen LogP contribution < -0.4 is 15.2 Å². The third-order valence-corrected chi connectivity index (χ3v) is 2.94. The first-order valence-electron chi connectivity index (χ1n) is 6.06. The van der Waals surface area contributed by atoms with Crippen LogP contribution in [-0.2, 0) is 13.1 Å². The second kappa shape index (κ2) is 5.32. The summed E-state index contributed by atoms with van der Waals surface area (Å²) in [6, 6.07) is 3.78. The number of aromatic nitrogens is 2. The Morgan fingerprint density at radius 1 is 1.32 bits per heavy atom. The second-order valence-corrected chi connectivity index (χ2v) is 4.47. The summed E-state index contributed by atoms with van der Waals surface area (Å²) in [4.78, 5) is 4.53. The molecule has 0 unspecified atom stereocenters. The lowest BCUT2D eigenvalue weighted by molar-refractivity contribution is 0.355. The van der Waals surface area contributed by atoms with Gasteiger partial charge in [0.15, 0.2) is 11.5 Å². The van der Waals surface area contributed by atoms with Gasteiger partial charge in [0.1, 0.15) is 5.82 Å². The normalized spacial score (nSPS) is 10.7. The molecule has 0 radical (unpaired) electrons. The zero-order chi connectivity index (χ0) is 14.0. The number of rotatable bonds is 5. The number of fused-ring (bicyclic) bond motifs is 1. The lowest BCUT2D eigenvalue weighted by atomic mass is 10.2. The van der Waals surface area contributed by atoms with Gasteiger partial charge in [-0.05, 0) is 6.92 Å². The summed E-state index contributed by atoms with van der Waals surface area (Å²) in [5, 5.41) is 0. The molecule has 2 N–H and O–H groups in total. The summed E-state index contributed by atoms with van der Waals surface area (Å²) in [7, 11) is 3.23. The molecule has 2 aromatic rings. The Hall–Kier alpha value is -2.01. The van der Waals surface area contributed by atoms with Crippen molar-refractivity contribution in [1.29, 1.82) is 0 Å². The molecule has 5 nitrogen and oxygen atoms in total. The van der Waals surface area contributed by atoms with Gasteiger partial charge in [0.25, 0.3) is 0 Å². The summed E-state index contributed by atoms with van der Waals surface area (Å²) in [5.74, 6) is 2.17. The first kappa shape index (κ1) is 13.4. The highest BCUT2D eigenvalue weighted by atomic mass is 16.5. The van der Waals surface area contributed by atoms with Gasteiger partial charge in [-0.2, -0.15) is 0 Å². The van der Waals surface area contributed by atoms with Gasteiger partial charge >= 0.3 is 0 Å². The van der Waals surface area contributed by atoms with E-state index in [1.165, 1.54) is 0 Å². The SMILES string of the molecule is C=C(C)Cn1c(CN)nc2cc(OC)c(OC)cc21. The average Bonchev–Trinajstić information content (AvgIpc) is 2.73. The van der Waals surface area contributed by atoms with Crippen LogP contribution in [0.3, 0.4) is 0 Å². The van der Waals surface area contributed by atoms with Crippen molar-refractivity contribution in [3.8, 4) is 11.5 Å². The lowest BCUT2D eigenvalue weighted by Gasteiger charge is -2.10. The Morgan fingerprint density at radius 3 is 2.47 bits per heavy atom. The Balaban J connectivity index is 2.67. The number of imidazole rings is 1. The monoisotopic (exact) mass is 261 g/mol. The Bertz CT molecular complexity index is 617. The van der Waals surface area contributed by atoms with Crippen LogP contribution in [0.5, 0.6) is 11.5 Å². The van der Waals surface area contributed by atoms with Crippen LogP contribution in [0.1, 0.15) is 12.7 Å². The van der Waals surface area contributed by atoms with Gasteiger partial charge in [-0.1, -0.05) is 12.2 Å². The largest absolute Gasteiger partial charge is 0.493 e. The molecule has 0 saturated carbocycles. The predicted octanol–water partition coefficient (Wildman–Crippen LogP) is 2.09. The minimum Gasteiger partial charge on any atom is -0.493 e. The maximum Gasteiger partial charge on any atom is 0.163 e. The number of methoxy groups -OCH3 is 2. The first-order valence-corrected chi connectivity index (χ1v) is 6.06. The van der Waals surface area contributed by atoms with Crippen LogP contribution in [-0.4, -0.2) is 23.8 Å². The van der Waals surface area contributed by atoms with E-state index in [1.54, 1.807) is 14.2 Å². The van der Waals surface area contributed by atoms with E-state index in [2.05, 4.69) is 16.1 Å². The van der Waals surface area contributed by atoms with Crippen molar-refractivity contribution in [2.75, 3.05) is 14.2 Å². The van der Waals surface area contributed by atoms with E-state index in [4.69, 9.17) is 15.2 Å². The fourth-order valence-electron chi connectivity index (χ4n) is 2.10. The minimum absolute atomic E-state index is 0.382. The first-order chi connectivity index (χ1) is 9.10. The van der Waals surface area contributed by atoms with Gasteiger partial charge in [-0.15, -0.1) is 0 Å². The summed E-state index contributed by atoms with van der Waals surface area (Å²) in [6.07, 6.45) is 0. The molecule has 1 heterocycles. The summed E-state index contributed by atoms with van der Waals surface area (Å²) < 4.78 is 12.7. The molecule has 2 rings (SSSR count). The van der Waals surface area contributed by atoms with Crippen molar-refractivity contribution < 1.29 is 9.47 Å². The second-order valence-electron chi connectivity index (χ2n) is 4.47. The van der Waals surface area contributed by atoms with Crippen molar-refractivity contribution in [2.24, 2.45) is 5.73 Å². The molecule has 0 aliphatic heterocycles. The highest BCUT2D eigenvalue weighted by Gasteiger charge is 2.14. The van der Waals surface area contributed by atoms with Crippen molar-refractivity contribution in [2.45, 2.75) is 20.0 Å². The van der Waals surface area contributed by atoms with Crippen LogP contribution in [0.15, 0.2) is 24.3 Å². The number of benzene rings is 1. The van der Waals surface area contributed by atoms with Gasteiger partial charge in [-0.25, -0.2) is 4.98 Å². The molecule has 1 aromatic carbocycles. The van der Waals surface area contributed by atoms with Crippen LogP contribution in [0.25, 0.3) is 11.0 Å². The fraction of sp³-hybridized carbons (Fsp3) is 0.357. The molecule has 19 heavy (non-hydrogen) atoms. The molecule has 0 saturated heterocycles. The number of ether oxygens (including phenoxy) is 2. The zero-order valence-corrected chi connectivity index (χ0v) is 11.6. The molecular weight excluding hydrogens is 242 g/mol. The molecule has 0 aliphatic carbocycles. The van der Waals surface area contributed by atoms with Crippen LogP contribution in [0.2, 0.25) is 0 Å². The Kier molecular flexibility index (Phi) is 3.76. The number of hydrogen-bond acceptors (Lipinski definition) is 4. The topological polar surface area (TPSA) is 62.3 Å². The standard InChI is InChI=1S/C14H19N3O2/c1-9(2)8-17-11-6-13(19-4)12(18-3)5-10(11)16-14(17)7-15/h5-6H,1,7-8,15H2,2-4H3. The highest BCUT2D eigenvalue weighted by Crippen LogP contribution is 2.32. The molecule has 5 heteroatoms. The zero-order valence-electron chi connectivity index (χ0n) is 11.6. The molecule has 102 valence electrons. The molecule has 0 amide bonds. The quantitative estimate of drug-likeness (QED) is 0.837. The smallest absolute Gasteiger partial charge is 0.163 e. The Morgan fingerprint density at radius 2 is 1.95 bits per heavy atom. The van der Waals surface area contributed by atoms with E-state index in [0.717, 1.165) is 22.4 Å². The third-order valence-electron chi connectivity index (χ3n) is 2.94. The molecule has 0 aliphatic rings. The number of nitrogens with two attached hydrogens (primary N) is 1. The minimum atomic E-state index is 0.382. The third kappa shape index (κ3) is 2.42. The average molecular weight is 261 g/mol. The van der Waals surface area contributed by atoms with Gasteiger partial charge in [0.2, 0.25) is 0 Å². The van der Waals surface area contributed by atoms with Gasteiger partial charge < -0.3 is 19.8 Å². The van der Waals surface area contributed by atoms with Crippen molar-refractivity contribution in [3.05, 3.63) is 30.1 Å². The Labute approximate surface area is 112 Å². The van der Waals surface area contributed by atoms with E-state index >= 15 is 0 Å². The van der Waals surface area contributed by atoms with Gasteiger partial charge in [0.05, 0.1) is 31.8 Å². The van der Waals surface area contributed by atoms with Crippen molar-refractivity contribution in [3.63, 3.8) is 0 Å². The number of hydrogen-bond donors (Lipinski definition) is 1. The van der Waals surface area contributed by atoms with Gasteiger partial charge in [-0.3, -0.25) is 0 Å². The molecule has 0 spiro atoms. The summed E-state index contributed by atoms with van der Waals surface area (Å²) in [5.41, 5.74) is 8.62. The predicted molar refractivity (Wildman–Crippen MR) is 75.5 cm³/mol. The fourth-order valence-corrected chi connectivity index (χ4v) is 2.10. The lowest BCUT2D eigenvalue weighted by Crippen LogP contribution is -2.09. The number of allylic oxidation sites excluding steroid dienone is 1. The van der Waals surface area contributed by atoms with Crippen LogP contribution in [0, 0.1) is 0 Å². The van der Waals surface area contributed by atoms with Crippen molar-refractivity contribution >= 4 is 11.0 Å². The van der Waals surface area contributed by atoms with E-state index in [-0.39, 0.29) is 0 Å².